The van der Waals surface area contributed by atoms with Gasteiger partial charge in [-0.2, -0.15) is 13.2 Å². The predicted molar refractivity (Wildman–Crippen MR) is 75.1 cm³/mol. The number of carbonyl (C=O) groups excluding carboxylic acids is 1. The molecule has 8 heteroatoms. The van der Waals surface area contributed by atoms with Gasteiger partial charge >= 0.3 is 6.18 Å². The van der Waals surface area contributed by atoms with E-state index in [1.807, 2.05) is 6.92 Å². The summed E-state index contributed by atoms with van der Waals surface area (Å²) in [6.07, 6.45) is -4.16. The van der Waals surface area contributed by atoms with E-state index in [9.17, 15) is 18.0 Å². The normalized spacial score (nSPS) is 11.4. The number of alkyl halides is 3. The zero-order chi connectivity index (χ0) is 15.2. The van der Waals surface area contributed by atoms with Gasteiger partial charge in [-0.15, -0.1) is 11.3 Å². The molecule has 0 saturated carbocycles. The maximum Gasteiger partial charge on any atom is 0.389 e. The lowest BCUT2D eigenvalue weighted by molar-refractivity contribution is -0.134. The molecule has 1 aromatic heterocycles. The van der Waals surface area contributed by atoms with E-state index < -0.39 is 12.6 Å². The Morgan fingerprint density at radius 2 is 2.10 bits per heavy atom. The lowest BCUT2D eigenvalue weighted by Gasteiger charge is -2.06. The molecular weight excluding hydrogens is 291 g/mol. The average Bonchev–Trinajstić information content (AvgIpc) is 2.72. The first-order valence-corrected chi connectivity index (χ1v) is 7.13. The Hall–Kier alpha value is -1.44. The molecular formula is C12H18F3N3OS. The van der Waals surface area contributed by atoms with Crippen LogP contribution in [0.5, 0.6) is 0 Å². The van der Waals surface area contributed by atoms with Crippen LogP contribution in [-0.4, -0.2) is 25.2 Å². The lowest BCUT2D eigenvalue weighted by Crippen LogP contribution is -2.23. The zero-order valence-corrected chi connectivity index (χ0v) is 12.0. The van der Waals surface area contributed by atoms with Gasteiger partial charge in [-0.05, 0) is 18.9 Å². The summed E-state index contributed by atoms with van der Waals surface area (Å²) in [5, 5.41) is 6.16. The quantitative estimate of drug-likeness (QED) is 0.677. The summed E-state index contributed by atoms with van der Waals surface area (Å²) < 4.78 is 35.9. The van der Waals surface area contributed by atoms with Gasteiger partial charge in [-0.1, -0.05) is 6.92 Å². The number of halogens is 3. The van der Waals surface area contributed by atoms with Crippen molar-refractivity contribution in [1.82, 2.24) is 5.32 Å². The van der Waals surface area contributed by atoms with E-state index in [4.69, 9.17) is 5.73 Å². The molecule has 0 aliphatic carbocycles. The molecule has 0 aliphatic rings. The molecule has 0 radical (unpaired) electrons. The summed E-state index contributed by atoms with van der Waals surface area (Å²) in [7, 11) is 0. The van der Waals surface area contributed by atoms with Crippen molar-refractivity contribution in [2.75, 3.05) is 24.1 Å². The van der Waals surface area contributed by atoms with Crippen molar-refractivity contribution in [1.29, 1.82) is 0 Å². The van der Waals surface area contributed by atoms with Crippen molar-refractivity contribution in [2.45, 2.75) is 32.4 Å². The minimum atomic E-state index is -4.14. The molecule has 0 fully saturated rings. The molecule has 1 heterocycles. The molecule has 4 nitrogen and oxygen atoms in total. The molecule has 0 aliphatic heterocycles. The van der Waals surface area contributed by atoms with Gasteiger partial charge in [-0.3, -0.25) is 4.79 Å². The second-order valence-corrected chi connectivity index (χ2v) is 5.35. The Kier molecular flexibility index (Phi) is 6.12. The zero-order valence-electron chi connectivity index (χ0n) is 11.1. The minimum absolute atomic E-state index is 0.0152. The molecule has 1 amide bonds. The minimum Gasteiger partial charge on any atom is -0.397 e. The van der Waals surface area contributed by atoms with Crippen molar-refractivity contribution in [3.8, 4) is 0 Å². The fourth-order valence-electron chi connectivity index (χ4n) is 1.49. The van der Waals surface area contributed by atoms with Gasteiger partial charge in [0.25, 0.3) is 5.91 Å². The summed E-state index contributed by atoms with van der Waals surface area (Å²) in [5.41, 5.74) is 6.05. The molecule has 20 heavy (non-hydrogen) atoms. The first-order chi connectivity index (χ1) is 9.33. The SMILES string of the molecule is CCCNC(=O)c1sc(NCCCC(F)(F)F)cc1N. The Bertz CT molecular complexity index is 446. The summed E-state index contributed by atoms with van der Waals surface area (Å²) >= 11 is 1.15. The molecule has 0 aromatic carbocycles. The number of carbonyl (C=O) groups is 1. The van der Waals surface area contributed by atoms with Crippen molar-refractivity contribution in [3.63, 3.8) is 0 Å². The number of rotatable bonds is 7. The number of hydrogen-bond donors (Lipinski definition) is 3. The Morgan fingerprint density at radius 1 is 1.40 bits per heavy atom. The number of nitrogens with one attached hydrogen (secondary N) is 2. The van der Waals surface area contributed by atoms with Crippen LogP contribution in [0.2, 0.25) is 0 Å². The van der Waals surface area contributed by atoms with Gasteiger partial charge < -0.3 is 16.4 Å². The van der Waals surface area contributed by atoms with Crippen LogP contribution in [0.25, 0.3) is 0 Å². The van der Waals surface area contributed by atoms with Crippen molar-refractivity contribution >= 4 is 27.9 Å². The Morgan fingerprint density at radius 3 is 2.70 bits per heavy atom. The van der Waals surface area contributed by atoms with Crippen LogP contribution < -0.4 is 16.4 Å². The first kappa shape index (κ1) is 16.6. The summed E-state index contributed by atoms with van der Waals surface area (Å²) in [6, 6.07) is 1.57. The topological polar surface area (TPSA) is 67.2 Å². The van der Waals surface area contributed by atoms with E-state index in [1.165, 1.54) is 0 Å². The van der Waals surface area contributed by atoms with Crippen LogP contribution in [0, 0.1) is 0 Å². The van der Waals surface area contributed by atoms with E-state index >= 15 is 0 Å². The van der Waals surface area contributed by atoms with E-state index in [-0.39, 0.29) is 18.9 Å². The monoisotopic (exact) mass is 309 g/mol. The third kappa shape index (κ3) is 5.68. The summed E-state index contributed by atoms with van der Waals surface area (Å²) in [6.45, 7) is 2.69. The Labute approximate surface area is 119 Å². The maximum absolute atomic E-state index is 12.0. The van der Waals surface area contributed by atoms with E-state index in [0.717, 1.165) is 17.8 Å². The van der Waals surface area contributed by atoms with Gasteiger partial charge in [-0.25, -0.2) is 0 Å². The van der Waals surface area contributed by atoms with Crippen LogP contribution >= 0.6 is 11.3 Å². The molecule has 0 spiro atoms. The Balaban J connectivity index is 2.47. The van der Waals surface area contributed by atoms with Crippen LogP contribution in [0.4, 0.5) is 23.9 Å². The van der Waals surface area contributed by atoms with Crippen molar-refractivity contribution < 1.29 is 18.0 Å². The number of hydrogen-bond acceptors (Lipinski definition) is 4. The van der Waals surface area contributed by atoms with Crippen LogP contribution in [-0.2, 0) is 0 Å². The van der Waals surface area contributed by atoms with E-state index in [0.29, 0.717) is 22.1 Å². The second kappa shape index (κ2) is 7.37. The largest absolute Gasteiger partial charge is 0.397 e. The highest BCUT2D eigenvalue weighted by molar-refractivity contribution is 7.18. The molecule has 4 N–H and O–H groups in total. The number of nitrogen functional groups attached to an aromatic ring is 1. The van der Waals surface area contributed by atoms with Gasteiger partial charge in [0.05, 0.1) is 10.7 Å². The number of anilines is 2. The van der Waals surface area contributed by atoms with Crippen LogP contribution in [0.15, 0.2) is 6.07 Å². The third-order valence-electron chi connectivity index (χ3n) is 2.44. The molecule has 114 valence electrons. The number of nitrogens with two attached hydrogens (primary N) is 1. The molecule has 0 unspecified atom stereocenters. The van der Waals surface area contributed by atoms with Gasteiger partial charge in [0.15, 0.2) is 0 Å². The lowest BCUT2D eigenvalue weighted by atomic mass is 10.3. The average molecular weight is 309 g/mol. The van der Waals surface area contributed by atoms with Gasteiger partial charge in [0.2, 0.25) is 0 Å². The predicted octanol–water partition coefficient (Wildman–Crippen LogP) is 3.22. The number of thiophene rings is 1. The standard InChI is InChI=1S/C12H18F3N3OS/c1-2-5-18-11(19)10-8(16)7-9(20-10)17-6-3-4-12(13,14)15/h7,17H,2-6,16H2,1H3,(H,18,19). The van der Waals surface area contributed by atoms with Gasteiger partial charge in [0, 0.05) is 19.5 Å². The highest BCUT2D eigenvalue weighted by atomic mass is 32.1. The van der Waals surface area contributed by atoms with Crippen molar-refractivity contribution in [2.24, 2.45) is 0 Å². The van der Waals surface area contributed by atoms with Crippen LogP contribution in [0.3, 0.4) is 0 Å². The molecule has 0 saturated heterocycles. The molecule has 1 rings (SSSR count). The van der Waals surface area contributed by atoms with Crippen molar-refractivity contribution in [3.05, 3.63) is 10.9 Å². The van der Waals surface area contributed by atoms with Crippen LogP contribution in [0.1, 0.15) is 35.9 Å². The van der Waals surface area contributed by atoms with E-state index in [2.05, 4.69) is 10.6 Å². The molecule has 0 bridgehead atoms. The third-order valence-corrected chi connectivity index (χ3v) is 3.55. The summed E-state index contributed by atoms with van der Waals surface area (Å²) in [5.74, 6) is -0.252. The highest BCUT2D eigenvalue weighted by Crippen LogP contribution is 2.29. The fraction of sp³-hybridized carbons (Fsp3) is 0.583. The second-order valence-electron chi connectivity index (χ2n) is 4.30. The number of amides is 1. The maximum atomic E-state index is 12.0. The van der Waals surface area contributed by atoms with Gasteiger partial charge in [0.1, 0.15) is 4.88 Å². The molecule has 1 aromatic rings. The summed E-state index contributed by atoms with van der Waals surface area (Å²) in [4.78, 5) is 12.1. The highest BCUT2D eigenvalue weighted by Gasteiger charge is 2.25. The fourth-order valence-corrected chi connectivity index (χ4v) is 2.41. The first-order valence-electron chi connectivity index (χ1n) is 6.31. The van der Waals surface area contributed by atoms with E-state index in [1.54, 1.807) is 6.07 Å². The molecule has 0 atom stereocenters. The smallest absolute Gasteiger partial charge is 0.389 e.